The van der Waals surface area contributed by atoms with Crippen molar-refractivity contribution in [3.8, 4) is 11.5 Å². The quantitative estimate of drug-likeness (QED) is 0.423. The first-order valence-corrected chi connectivity index (χ1v) is 3.01. The Bertz CT molecular complexity index is 291. The lowest BCUT2D eigenvalue weighted by molar-refractivity contribution is 0.449. The Morgan fingerprint density at radius 1 is 1.27 bits per heavy atom. The van der Waals surface area contributed by atoms with Gasteiger partial charge in [-0.2, -0.15) is 0 Å². The topological polar surface area (TPSA) is 60.7 Å². The SMILES string of the molecule is C=C(O)c1cc(O)ccc1O. The van der Waals surface area contributed by atoms with Crippen LogP contribution in [-0.2, 0) is 0 Å². The third-order valence-corrected chi connectivity index (χ3v) is 1.29. The number of phenolic OH excluding ortho intramolecular Hbond substituents is 2. The maximum absolute atomic E-state index is 9.07. The van der Waals surface area contributed by atoms with Crippen molar-refractivity contribution in [2.75, 3.05) is 0 Å². The van der Waals surface area contributed by atoms with Gasteiger partial charge in [-0.1, -0.05) is 6.58 Å². The monoisotopic (exact) mass is 152 g/mol. The first kappa shape index (κ1) is 7.47. The van der Waals surface area contributed by atoms with Gasteiger partial charge >= 0.3 is 0 Å². The van der Waals surface area contributed by atoms with Gasteiger partial charge in [0.25, 0.3) is 0 Å². The number of aromatic hydroxyl groups is 2. The van der Waals surface area contributed by atoms with Crippen LogP contribution in [0.25, 0.3) is 5.76 Å². The van der Waals surface area contributed by atoms with Crippen LogP contribution >= 0.6 is 0 Å². The summed E-state index contributed by atoms with van der Waals surface area (Å²) < 4.78 is 0. The summed E-state index contributed by atoms with van der Waals surface area (Å²) in [6.07, 6.45) is 0. The smallest absolute Gasteiger partial charge is 0.126 e. The van der Waals surface area contributed by atoms with Gasteiger partial charge in [-0.05, 0) is 18.2 Å². The molecule has 0 unspecified atom stereocenters. The van der Waals surface area contributed by atoms with Gasteiger partial charge in [-0.25, -0.2) is 0 Å². The van der Waals surface area contributed by atoms with E-state index in [-0.39, 0.29) is 22.8 Å². The third-order valence-electron chi connectivity index (χ3n) is 1.29. The second-order valence-corrected chi connectivity index (χ2v) is 2.15. The summed E-state index contributed by atoms with van der Waals surface area (Å²) in [6, 6.07) is 3.84. The van der Waals surface area contributed by atoms with Gasteiger partial charge < -0.3 is 15.3 Å². The van der Waals surface area contributed by atoms with Crippen molar-refractivity contribution >= 4 is 5.76 Å². The van der Waals surface area contributed by atoms with Crippen molar-refractivity contribution in [2.24, 2.45) is 0 Å². The van der Waals surface area contributed by atoms with Crippen molar-refractivity contribution in [3.63, 3.8) is 0 Å². The molecule has 3 nitrogen and oxygen atoms in total. The van der Waals surface area contributed by atoms with Crippen LogP contribution in [-0.4, -0.2) is 15.3 Å². The number of phenols is 2. The second kappa shape index (κ2) is 2.54. The zero-order valence-corrected chi connectivity index (χ0v) is 5.78. The summed E-state index contributed by atoms with van der Waals surface area (Å²) in [5, 5.41) is 26.9. The minimum Gasteiger partial charge on any atom is -0.508 e. The molecular weight excluding hydrogens is 144 g/mol. The first-order chi connectivity index (χ1) is 5.11. The molecule has 0 saturated heterocycles. The molecule has 0 fully saturated rings. The van der Waals surface area contributed by atoms with Gasteiger partial charge in [0.05, 0.1) is 5.56 Å². The van der Waals surface area contributed by atoms with Crippen molar-refractivity contribution in [1.82, 2.24) is 0 Å². The highest BCUT2D eigenvalue weighted by Crippen LogP contribution is 2.25. The lowest BCUT2D eigenvalue weighted by atomic mass is 10.1. The lowest BCUT2D eigenvalue weighted by Gasteiger charge is -2.01. The molecule has 0 heterocycles. The Balaban J connectivity index is 3.23. The van der Waals surface area contributed by atoms with E-state index in [0.717, 1.165) is 0 Å². The van der Waals surface area contributed by atoms with Crippen molar-refractivity contribution in [2.45, 2.75) is 0 Å². The Kier molecular flexibility index (Phi) is 1.72. The molecule has 0 aliphatic rings. The van der Waals surface area contributed by atoms with Gasteiger partial charge in [0, 0.05) is 0 Å². The van der Waals surface area contributed by atoms with Gasteiger partial charge in [-0.15, -0.1) is 0 Å². The van der Waals surface area contributed by atoms with E-state index in [4.69, 9.17) is 15.3 Å². The second-order valence-electron chi connectivity index (χ2n) is 2.15. The van der Waals surface area contributed by atoms with Gasteiger partial charge in [-0.3, -0.25) is 0 Å². The molecule has 58 valence electrons. The molecule has 0 aliphatic carbocycles. The van der Waals surface area contributed by atoms with E-state index in [1.807, 2.05) is 0 Å². The predicted molar refractivity (Wildman–Crippen MR) is 41.4 cm³/mol. The van der Waals surface area contributed by atoms with Gasteiger partial charge in [0.2, 0.25) is 0 Å². The van der Waals surface area contributed by atoms with E-state index in [1.54, 1.807) is 0 Å². The fraction of sp³-hybridized carbons (Fsp3) is 0. The Labute approximate surface area is 63.9 Å². The summed E-state index contributed by atoms with van der Waals surface area (Å²) >= 11 is 0. The minimum absolute atomic E-state index is 0.0204. The van der Waals surface area contributed by atoms with Gasteiger partial charge in [0.1, 0.15) is 17.3 Å². The molecule has 11 heavy (non-hydrogen) atoms. The third kappa shape index (κ3) is 1.43. The molecule has 1 aromatic carbocycles. The predicted octanol–water partition coefficient (Wildman–Crippen LogP) is 1.63. The Morgan fingerprint density at radius 3 is 2.36 bits per heavy atom. The van der Waals surface area contributed by atoms with Crippen LogP contribution in [0.2, 0.25) is 0 Å². The largest absolute Gasteiger partial charge is 0.508 e. The normalized spacial score (nSPS) is 9.45. The molecule has 0 aliphatic heterocycles. The molecule has 0 bridgehead atoms. The van der Waals surface area contributed by atoms with E-state index < -0.39 is 0 Å². The van der Waals surface area contributed by atoms with E-state index in [9.17, 15) is 0 Å². The number of rotatable bonds is 1. The molecular formula is C8H8O3. The first-order valence-electron chi connectivity index (χ1n) is 3.01. The molecule has 0 amide bonds. The van der Waals surface area contributed by atoms with Crippen LogP contribution in [0.1, 0.15) is 5.56 Å². The van der Waals surface area contributed by atoms with Crippen LogP contribution in [0, 0.1) is 0 Å². The fourth-order valence-electron chi connectivity index (χ4n) is 0.755. The maximum Gasteiger partial charge on any atom is 0.126 e. The van der Waals surface area contributed by atoms with Crippen LogP contribution in [0.5, 0.6) is 11.5 Å². The van der Waals surface area contributed by atoms with E-state index in [1.165, 1.54) is 18.2 Å². The summed E-state index contributed by atoms with van der Waals surface area (Å²) in [7, 11) is 0. The molecule has 0 saturated carbocycles. The highest BCUT2D eigenvalue weighted by molar-refractivity contribution is 5.63. The molecule has 0 aromatic heterocycles. The minimum atomic E-state index is -0.265. The molecule has 1 aromatic rings. The van der Waals surface area contributed by atoms with Crippen molar-refractivity contribution < 1.29 is 15.3 Å². The highest BCUT2D eigenvalue weighted by Gasteiger charge is 2.03. The lowest BCUT2D eigenvalue weighted by Crippen LogP contribution is -1.81. The van der Waals surface area contributed by atoms with Crippen LogP contribution in [0.4, 0.5) is 0 Å². The average Bonchev–Trinajstić information content (AvgIpc) is 1.94. The van der Waals surface area contributed by atoms with Crippen molar-refractivity contribution in [1.29, 1.82) is 0 Å². The average molecular weight is 152 g/mol. The van der Waals surface area contributed by atoms with E-state index in [0.29, 0.717) is 0 Å². The zero-order chi connectivity index (χ0) is 8.43. The summed E-state index contributed by atoms with van der Waals surface area (Å²) in [5.41, 5.74) is 0.144. The Hall–Kier alpha value is -1.64. The molecule has 3 heteroatoms. The molecule has 1 rings (SSSR count). The number of benzene rings is 1. The highest BCUT2D eigenvalue weighted by atomic mass is 16.3. The standard InChI is InChI=1S/C8H8O3/c1-5(9)7-4-6(10)2-3-8(7)11/h2-4,9-11H,1H2. The van der Waals surface area contributed by atoms with E-state index >= 15 is 0 Å². The summed E-state index contributed by atoms with van der Waals surface area (Å²) in [4.78, 5) is 0. The van der Waals surface area contributed by atoms with Crippen LogP contribution in [0.15, 0.2) is 24.8 Å². The van der Waals surface area contributed by atoms with Crippen LogP contribution in [0.3, 0.4) is 0 Å². The maximum atomic E-state index is 9.07. The Morgan fingerprint density at radius 2 is 1.91 bits per heavy atom. The molecule has 0 spiro atoms. The molecule has 0 radical (unpaired) electrons. The van der Waals surface area contributed by atoms with Crippen LogP contribution < -0.4 is 0 Å². The summed E-state index contributed by atoms with van der Waals surface area (Å²) in [6.45, 7) is 3.21. The van der Waals surface area contributed by atoms with Crippen molar-refractivity contribution in [3.05, 3.63) is 30.3 Å². The van der Waals surface area contributed by atoms with Gasteiger partial charge in [0.15, 0.2) is 0 Å². The number of aliphatic hydroxyl groups excluding tert-OH is 1. The fourth-order valence-corrected chi connectivity index (χ4v) is 0.755. The number of hydrogen-bond acceptors (Lipinski definition) is 3. The molecule has 3 N–H and O–H groups in total. The summed E-state index contributed by atoms with van der Waals surface area (Å²) in [5.74, 6) is -0.387. The number of hydrogen-bond donors (Lipinski definition) is 3. The zero-order valence-electron chi connectivity index (χ0n) is 5.78. The number of aliphatic hydroxyl groups is 1. The van der Waals surface area contributed by atoms with E-state index in [2.05, 4.69) is 6.58 Å². The molecule has 0 atom stereocenters.